The van der Waals surface area contributed by atoms with Crippen LogP contribution < -0.4 is 20.8 Å². The van der Waals surface area contributed by atoms with E-state index in [9.17, 15) is 0 Å². The number of benzene rings is 2. The van der Waals surface area contributed by atoms with Crippen molar-refractivity contribution >= 4 is 11.5 Å². The Kier molecular flexibility index (Phi) is 4.66. The monoisotopic (exact) mass is 439 g/mol. The second-order valence-corrected chi connectivity index (χ2v) is 9.61. The lowest BCUT2D eigenvalue weighted by Gasteiger charge is -2.38. The Morgan fingerprint density at radius 3 is 2.48 bits per heavy atom. The first-order valence-corrected chi connectivity index (χ1v) is 11.8. The van der Waals surface area contributed by atoms with Gasteiger partial charge in [-0.25, -0.2) is 4.98 Å². The molecule has 6 nitrogen and oxygen atoms in total. The van der Waals surface area contributed by atoms with Gasteiger partial charge >= 0.3 is 0 Å². The molecule has 0 amide bonds. The minimum atomic E-state index is -0.169. The van der Waals surface area contributed by atoms with Crippen LogP contribution >= 0.6 is 0 Å². The fourth-order valence-corrected chi connectivity index (χ4v) is 5.01. The highest BCUT2D eigenvalue weighted by Gasteiger charge is 2.38. The van der Waals surface area contributed by atoms with Crippen molar-refractivity contribution in [1.82, 2.24) is 10.4 Å². The van der Waals surface area contributed by atoms with Crippen LogP contribution in [0.3, 0.4) is 0 Å². The number of nitrogens with zero attached hydrogens (tertiary/aromatic N) is 3. The summed E-state index contributed by atoms with van der Waals surface area (Å²) in [5, 5.41) is 4.58. The molecule has 33 heavy (non-hydrogen) atoms. The molecule has 0 spiro atoms. The van der Waals surface area contributed by atoms with Gasteiger partial charge in [-0.05, 0) is 36.5 Å². The summed E-state index contributed by atoms with van der Waals surface area (Å²) in [7, 11) is 0. The predicted molar refractivity (Wildman–Crippen MR) is 132 cm³/mol. The summed E-state index contributed by atoms with van der Waals surface area (Å²) in [4.78, 5) is 7.30. The summed E-state index contributed by atoms with van der Waals surface area (Å²) in [6, 6.07) is 21.2. The van der Waals surface area contributed by atoms with Crippen molar-refractivity contribution in [2.45, 2.75) is 44.8 Å². The number of amidine groups is 1. The van der Waals surface area contributed by atoms with Crippen LogP contribution in [0.5, 0.6) is 5.88 Å². The van der Waals surface area contributed by atoms with Gasteiger partial charge in [-0.1, -0.05) is 68.4 Å². The van der Waals surface area contributed by atoms with E-state index in [1.54, 1.807) is 0 Å². The highest BCUT2D eigenvalue weighted by atomic mass is 16.5. The topological polar surface area (TPSA) is 75.8 Å². The summed E-state index contributed by atoms with van der Waals surface area (Å²) in [6.45, 7) is 4.82. The van der Waals surface area contributed by atoms with Gasteiger partial charge in [0.05, 0.1) is 5.69 Å². The summed E-state index contributed by atoms with van der Waals surface area (Å²) < 4.78 is 6.11. The summed E-state index contributed by atoms with van der Waals surface area (Å²) in [5.74, 6) is 1.95. The van der Waals surface area contributed by atoms with E-state index in [0.717, 1.165) is 46.7 Å². The summed E-state index contributed by atoms with van der Waals surface area (Å²) >= 11 is 0. The third kappa shape index (κ3) is 3.28. The number of hydrogen-bond donors (Lipinski definition) is 2. The SMILES string of the molecule is CC(C)C1=NNC2COc3nc(-c4ccc(C5(N)CCC5)cc4)c(-c4ccccc4)cc3N12. The summed E-state index contributed by atoms with van der Waals surface area (Å²) in [6.07, 6.45) is 3.30. The number of nitrogens with one attached hydrogen (secondary N) is 1. The van der Waals surface area contributed by atoms with E-state index in [1.165, 1.54) is 12.0 Å². The zero-order valence-corrected chi connectivity index (χ0v) is 19.1. The number of ether oxygens (including phenoxy) is 1. The lowest BCUT2D eigenvalue weighted by Crippen LogP contribution is -2.48. The molecule has 168 valence electrons. The lowest BCUT2D eigenvalue weighted by atomic mass is 9.72. The molecule has 0 radical (unpaired) electrons. The zero-order chi connectivity index (χ0) is 22.6. The molecule has 3 N–H and O–H groups in total. The van der Waals surface area contributed by atoms with Crippen LogP contribution in [0.15, 0.2) is 65.8 Å². The highest BCUT2D eigenvalue weighted by molar-refractivity contribution is 6.03. The molecule has 2 aliphatic heterocycles. The molecule has 0 saturated heterocycles. The fraction of sp³-hybridized carbons (Fsp3) is 0.333. The van der Waals surface area contributed by atoms with Crippen LogP contribution in [-0.4, -0.2) is 23.6 Å². The standard InChI is InChI=1S/C27H29N5O/c1-17(2)25-31-30-23-16-33-26-22(32(23)25)15-21(18-7-4-3-5-8-18)24(29-26)19-9-11-20(12-10-19)27(28)13-6-14-27/h3-5,7-12,15,17,23,30H,6,13-14,16,28H2,1-2H3. The quantitative estimate of drug-likeness (QED) is 0.608. The van der Waals surface area contributed by atoms with Gasteiger partial charge in [-0.2, -0.15) is 5.10 Å². The van der Waals surface area contributed by atoms with Crippen molar-refractivity contribution in [3.8, 4) is 28.3 Å². The van der Waals surface area contributed by atoms with Crippen molar-refractivity contribution in [2.75, 3.05) is 11.5 Å². The minimum Gasteiger partial charge on any atom is -0.472 e. The number of fused-ring (bicyclic) bond motifs is 3. The largest absolute Gasteiger partial charge is 0.472 e. The van der Waals surface area contributed by atoms with Crippen molar-refractivity contribution in [3.63, 3.8) is 0 Å². The van der Waals surface area contributed by atoms with Crippen LogP contribution in [0.2, 0.25) is 0 Å². The van der Waals surface area contributed by atoms with Crippen LogP contribution in [0.1, 0.15) is 38.7 Å². The molecular weight excluding hydrogens is 410 g/mol. The number of hydrogen-bond acceptors (Lipinski definition) is 6. The van der Waals surface area contributed by atoms with Gasteiger partial charge in [0.15, 0.2) is 6.17 Å². The van der Waals surface area contributed by atoms with E-state index >= 15 is 0 Å². The molecule has 2 aromatic carbocycles. The molecule has 6 heteroatoms. The Balaban J connectivity index is 1.49. The highest BCUT2D eigenvalue weighted by Crippen LogP contribution is 2.43. The smallest absolute Gasteiger partial charge is 0.238 e. The van der Waals surface area contributed by atoms with E-state index in [0.29, 0.717) is 12.5 Å². The molecule has 3 heterocycles. The first-order valence-electron chi connectivity index (χ1n) is 11.8. The lowest BCUT2D eigenvalue weighted by molar-refractivity contribution is 0.250. The van der Waals surface area contributed by atoms with Gasteiger partial charge < -0.3 is 10.5 Å². The Hall–Kier alpha value is -3.38. The van der Waals surface area contributed by atoms with E-state index in [2.05, 4.69) is 83.9 Å². The third-order valence-corrected chi connectivity index (χ3v) is 7.07. The van der Waals surface area contributed by atoms with Gasteiger partial charge in [0.1, 0.15) is 18.1 Å². The summed E-state index contributed by atoms with van der Waals surface area (Å²) in [5.41, 5.74) is 15.9. The van der Waals surface area contributed by atoms with Gasteiger partial charge in [0, 0.05) is 22.6 Å². The molecule has 1 fully saturated rings. The van der Waals surface area contributed by atoms with E-state index in [1.807, 2.05) is 6.07 Å². The predicted octanol–water partition coefficient (Wildman–Crippen LogP) is 4.85. The van der Waals surface area contributed by atoms with Crippen molar-refractivity contribution in [2.24, 2.45) is 16.8 Å². The van der Waals surface area contributed by atoms with Crippen LogP contribution in [0, 0.1) is 5.92 Å². The first-order chi connectivity index (χ1) is 16.0. The second-order valence-electron chi connectivity index (χ2n) is 9.61. The fourth-order valence-electron chi connectivity index (χ4n) is 5.01. The van der Waals surface area contributed by atoms with Crippen LogP contribution in [0.25, 0.3) is 22.4 Å². The molecule has 1 aromatic heterocycles. The number of rotatable bonds is 4. The van der Waals surface area contributed by atoms with Crippen molar-refractivity contribution < 1.29 is 4.74 Å². The molecule has 1 aliphatic carbocycles. The Morgan fingerprint density at radius 1 is 1.06 bits per heavy atom. The maximum Gasteiger partial charge on any atom is 0.238 e. The molecular formula is C27H29N5O. The van der Waals surface area contributed by atoms with E-state index in [4.69, 9.17) is 15.5 Å². The van der Waals surface area contributed by atoms with E-state index < -0.39 is 0 Å². The molecule has 6 rings (SSSR count). The number of hydrazone groups is 1. The Bertz CT molecular complexity index is 1220. The van der Waals surface area contributed by atoms with Gasteiger partial charge in [0.25, 0.3) is 0 Å². The maximum atomic E-state index is 6.55. The Morgan fingerprint density at radius 2 is 1.82 bits per heavy atom. The minimum absolute atomic E-state index is 0.00585. The number of anilines is 1. The molecule has 3 aromatic rings. The van der Waals surface area contributed by atoms with E-state index in [-0.39, 0.29) is 17.6 Å². The first kappa shape index (κ1) is 20.2. The van der Waals surface area contributed by atoms with Gasteiger partial charge in [-0.3, -0.25) is 10.3 Å². The normalized spacial score (nSPS) is 20.3. The molecule has 1 saturated carbocycles. The third-order valence-electron chi connectivity index (χ3n) is 7.07. The molecule has 1 atom stereocenters. The number of pyridine rings is 1. The van der Waals surface area contributed by atoms with Crippen LogP contribution in [-0.2, 0) is 5.54 Å². The van der Waals surface area contributed by atoms with Crippen molar-refractivity contribution in [3.05, 3.63) is 66.2 Å². The number of nitrogens with two attached hydrogens (primary N) is 1. The van der Waals surface area contributed by atoms with Crippen LogP contribution in [0.4, 0.5) is 5.69 Å². The average molecular weight is 440 g/mol. The number of aromatic nitrogens is 1. The average Bonchev–Trinajstić information content (AvgIpc) is 3.27. The Labute approximate surface area is 194 Å². The molecule has 0 bridgehead atoms. The molecule has 1 unspecified atom stereocenters. The van der Waals surface area contributed by atoms with Gasteiger partial charge in [-0.15, -0.1) is 0 Å². The maximum absolute atomic E-state index is 6.55. The molecule has 3 aliphatic rings. The second kappa shape index (κ2) is 7.59. The van der Waals surface area contributed by atoms with Crippen molar-refractivity contribution in [1.29, 1.82) is 0 Å². The zero-order valence-electron chi connectivity index (χ0n) is 19.1. The van der Waals surface area contributed by atoms with Gasteiger partial charge in [0.2, 0.25) is 5.88 Å².